The summed E-state index contributed by atoms with van der Waals surface area (Å²) in [4.78, 5) is 26.0. The first kappa shape index (κ1) is 23.7. The van der Waals surface area contributed by atoms with Gasteiger partial charge < -0.3 is 10.2 Å². The number of carbonyl (C=O) groups is 2. The second kappa shape index (κ2) is 10.1. The van der Waals surface area contributed by atoms with Crippen LogP contribution >= 0.6 is 0 Å². The minimum absolute atomic E-state index is 0.139. The normalized spacial score (nSPS) is 13.9. The van der Waals surface area contributed by atoms with Gasteiger partial charge in [-0.2, -0.15) is 4.31 Å². The van der Waals surface area contributed by atoms with E-state index in [1.54, 1.807) is 41.3 Å². The minimum atomic E-state index is -3.54. The van der Waals surface area contributed by atoms with Gasteiger partial charge in [0, 0.05) is 44.0 Å². The van der Waals surface area contributed by atoms with Crippen LogP contribution in [0.4, 0.5) is 11.4 Å². The lowest BCUT2D eigenvalue weighted by Gasteiger charge is -2.29. The minimum Gasteiger partial charge on any atom is -0.326 e. The quantitative estimate of drug-likeness (QED) is 0.646. The third-order valence-corrected chi connectivity index (χ3v) is 7.47. The van der Waals surface area contributed by atoms with Gasteiger partial charge in [-0.15, -0.1) is 0 Å². The summed E-state index contributed by atoms with van der Waals surface area (Å²) in [6, 6.07) is 12.2. The van der Waals surface area contributed by atoms with Crippen molar-refractivity contribution in [2.45, 2.75) is 38.5 Å². The zero-order chi connectivity index (χ0) is 23.3. The molecule has 1 aliphatic rings. The van der Waals surface area contributed by atoms with Crippen molar-refractivity contribution >= 4 is 39.3 Å². The molecule has 2 aromatic carbocycles. The van der Waals surface area contributed by atoms with E-state index >= 15 is 0 Å². The van der Waals surface area contributed by atoms with Crippen molar-refractivity contribution in [3.8, 4) is 0 Å². The lowest BCUT2D eigenvalue weighted by molar-refractivity contribution is -0.115. The van der Waals surface area contributed by atoms with Gasteiger partial charge in [0.15, 0.2) is 0 Å². The molecule has 3 rings (SSSR count). The Morgan fingerprint density at radius 1 is 1.09 bits per heavy atom. The number of hydrogen-bond donors (Lipinski definition) is 1. The fourth-order valence-corrected chi connectivity index (χ4v) is 5.32. The van der Waals surface area contributed by atoms with Gasteiger partial charge in [-0.1, -0.05) is 26.0 Å². The Morgan fingerprint density at radius 3 is 2.41 bits per heavy atom. The lowest BCUT2D eigenvalue weighted by atomic mass is 10.0. The number of benzene rings is 2. The van der Waals surface area contributed by atoms with Crippen LogP contribution in [0.5, 0.6) is 0 Å². The van der Waals surface area contributed by atoms with Crippen LogP contribution < -0.4 is 10.2 Å². The summed E-state index contributed by atoms with van der Waals surface area (Å²) in [7, 11) is -3.54. The van der Waals surface area contributed by atoms with E-state index < -0.39 is 10.0 Å². The highest BCUT2D eigenvalue weighted by molar-refractivity contribution is 7.89. The first-order valence-corrected chi connectivity index (χ1v) is 12.2. The van der Waals surface area contributed by atoms with Crippen LogP contribution in [-0.4, -0.2) is 44.2 Å². The number of fused-ring (bicyclic) bond motifs is 1. The van der Waals surface area contributed by atoms with E-state index in [1.807, 2.05) is 26.0 Å². The van der Waals surface area contributed by atoms with Gasteiger partial charge in [-0.05, 0) is 60.4 Å². The highest BCUT2D eigenvalue weighted by Gasteiger charge is 2.26. The van der Waals surface area contributed by atoms with Crippen LogP contribution in [0.2, 0.25) is 0 Å². The Morgan fingerprint density at radius 2 is 1.78 bits per heavy atom. The van der Waals surface area contributed by atoms with Gasteiger partial charge in [0.2, 0.25) is 15.9 Å². The predicted molar refractivity (Wildman–Crippen MR) is 127 cm³/mol. The topological polar surface area (TPSA) is 86.8 Å². The van der Waals surface area contributed by atoms with Crippen molar-refractivity contribution < 1.29 is 18.0 Å². The van der Waals surface area contributed by atoms with E-state index in [0.29, 0.717) is 25.3 Å². The maximum Gasteiger partial charge on any atom is 0.250 e. The largest absolute Gasteiger partial charge is 0.326 e. The first-order chi connectivity index (χ1) is 15.3. The molecule has 0 unspecified atom stereocenters. The summed E-state index contributed by atoms with van der Waals surface area (Å²) in [5.41, 5.74) is 3.16. The monoisotopic (exact) mass is 455 g/mol. The summed E-state index contributed by atoms with van der Waals surface area (Å²) in [6.07, 6.45) is 4.75. The molecule has 0 saturated heterocycles. The molecule has 0 saturated carbocycles. The highest BCUT2D eigenvalue weighted by atomic mass is 32.2. The third-order valence-electron chi connectivity index (χ3n) is 5.43. The molecule has 1 aliphatic heterocycles. The Labute approximate surface area is 189 Å². The van der Waals surface area contributed by atoms with E-state index in [1.165, 1.54) is 17.3 Å². The van der Waals surface area contributed by atoms with Crippen molar-refractivity contribution in [1.29, 1.82) is 0 Å². The molecule has 1 heterocycles. The van der Waals surface area contributed by atoms with Crippen LogP contribution in [0, 0.1) is 0 Å². The highest BCUT2D eigenvalue weighted by Crippen LogP contribution is 2.30. The van der Waals surface area contributed by atoms with Crippen molar-refractivity contribution in [2.24, 2.45) is 0 Å². The molecule has 7 nitrogen and oxygen atoms in total. The molecule has 2 amide bonds. The molecular formula is C24H29N3O4S. The van der Waals surface area contributed by atoms with Crippen LogP contribution in [0.1, 0.15) is 38.3 Å². The summed E-state index contributed by atoms with van der Waals surface area (Å²) >= 11 is 0. The Bertz CT molecular complexity index is 1120. The van der Waals surface area contributed by atoms with Crippen molar-refractivity contribution in [1.82, 2.24) is 4.31 Å². The maximum atomic E-state index is 12.9. The average molecular weight is 456 g/mol. The lowest BCUT2D eigenvalue weighted by Crippen LogP contribution is -2.35. The van der Waals surface area contributed by atoms with Crippen LogP contribution in [0.25, 0.3) is 6.08 Å². The molecule has 8 heteroatoms. The standard InChI is InChI=1S/C24H29N3O4S/c1-4-26(5-2)32(30,31)22-13-14-23-20(17-22)7-6-16-27(23)24(29)15-10-19-8-11-21(12-9-19)25-18(3)28/h8-15,17H,4-7,16H2,1-3H3,(H,25,28)/b15-10+. The van der Waals surface area contributed by atoms with Crippen LogP contribution in [0.3, 0.4) is 0 Å². The maximum absolute atomic E-state index is 12.9. The molecule has 0 aliphatic carbocycles. The third kappa shape index (κ3) is 5.26. The van der Waals surface area contributed by atoms with Crippen molar-refractivity contribution in [2.75, 3.05) is 29.9 Å². The predicted octanol–water partition coefficient (Wildman–Crippen LogP) is 3.67. The number of aryl methyl sites for hydroxylation is 1. The number of nitrogens with zero attached hydrogens (tertiary/aromatic N) is 2. The molecule has 0 atom stereocenters. The molecular weight excluding hydrogens is 426 g/mol. The summed E-state index contributed by atoms with van der Waals surface area (Å²) in [5.74, 6) is -0.295. The summed E-state index contributed by atoms with van der Waals surface area (Å²) in [6.45, 7) is 6.50. The average Bonchev–Trinajstić information content (AvgIpc) is 2.78. The van der Waals surface area contributed by atoms with E-state index in [2.05, 4.69) is 5.32 Å². The second-order valence-electron chi connectivity index (χ2n) is 7.61. The Hall–Kier alpha value is -2.97. The SMILES string of the molecule is CCN(CC)S(=O)(=O)c1ccc2c(c1)CCCN2C(=O)/C=C/c1ccc(NC(C)=O)cc1. The van der Waals surface area contributed by atoms with Gasteiger partial charge >= 0.3 is 0 Å². The zero-order valence-electron chi connectivity index (χ0n) is 18.7. The van der Waals surface area contributed by atoms with E-state index in [9.17, 15) is 18.0 Å². The smallest absolute Gasteiger partial charge is 0.250 e. The molecule has 0 radical (unpaired) electrons. The van der Waals surface area contributed by atoms with Gasteiger partial charge in [0.1, 0.15) is 0 Å². The Balaban J connectivity index is 1.79. The molecule has 170 valence electrons. The number of carbonyl (C=O) groups excluding carboxylic acids is 2. The number of amides is 2. The summed E-state index contributed by atoms with van der Waals surface area (Å²) < 4.78 is 27.1. The Kier molecular flexibility index (Phi) is 7.48. The molecule has 2 aromatic rings. The van der Waals surface area contributed by atoms with E-state index in [-0.39, 0.29) is 16.7 Å². The second-order valence-corrected chi connectivity index (χ2v) is 9.55. The number of hydrogen-bond acceptors (Lipinski definition) is 4. The van der Waals surface area contributed by atoms with Crippen molar-refractivity contribution in [3.05, 3.63) is 59.7 Å². The van der Waals surface area contributed by atoms with Gasteiger partial charge in [0.05, 0.1) is 4.90 Å². The van der Waals surface area contributed by atoms with Crippen LogP contribution in [-0.2, 0) is 26.0 Å². The molecule has 32 heavy (non-hydrogen) atoms. The number of anilines is 2. The number of nitrogens with one attached hydrogen (secondary N) is 1. The number of rotatable bonds is 7. The zero-order valence-corrected chi connectivity index (χ0v) is 19.5. The van der Waals surface area contributed by atoms with Crippen molar-refractivity contribution in [3.63, 3.8) is 0 Å². The van der Waals surface area contributed by atoms with Gasteiger partial charge in [-0.25, -0.2) is 8.42 Å². The molecule has 0 bridgehead atoms. The molecule has 0 fully saturated rings. The van der Waals surface area contributed by atoms with Gasteiger partial charge in [-0.3, -0.25) is 9.59 Å². The first-order valence-electron chi connectivity index (χ1n) is 10.8. The van der Waals surface area contributed by atoms with Crippen LogP contribution in [0.15, 0.2) is 53.4 Å². The molecule has 1 N–H and O–H groups in total. The van der Waals surface area contributed by atoms with E-state index in [4.69, 9.17) is 0 Å². The molecule has 0 spiro atoms. The summed E-state index contributed by atoms with van der Waals surface area (Å²) in [5, 5.41) is 2.70. The fraction of sp³-hybridized carbons (Fsp3) is 0.333. The van der Waals surface area contributed by atoms with E-state index in [0.717, 1.165) is 29.7 Å². The van der Waals surface area contributed by atoms with Gasteiger partial charge in [0.25, 0.3) is 5.91 Å². The molecule has 0 aromatic heterocycles. The number of sulfonamides is 1. The fourth-order valence-electron chi connectivity index (χ4n) is 3.81.